The summed E-state index contributed by atoms with van der Waals surface area (Å²) in [5, 5.41) is 3.12. The van der Waals surface area contributed by atoms with Crippen LogP contribution in [-0.2, 0) is 9.59 Å². The molecule has 0 spiro atoms. The van der Waals surface area contributed by atoms with Crippen molar-refractivity contribution < 1.29 is 14.3 Å². The molecular weight excluding hydrogens is 434 g/mol. The van der Waals surface area contributed by atoms with Crippen molar-refractivity contribution in [2.24, 2.45) is 0 Å². The van der Waals surface area contributed by atoms with Crippen molar-refractivity contribution in [2.75, 3.05) is 34.0 Å². The average molecular weight is 457 g/mol. The van der Waals surface area contributed by atoms with Crippen LogP contribution in [-0.4, -0.2) is 46.0 Å². The maximum Gasteiger partial charge on any atom is 0.238 e. The van der Waals surface area contributed by atoms with Gasteiger partial charge in [-0.1, -0.05) is 12.1 Å². The summed E-state index contributed by atoms with van der Waals surface area (Å²) in [6.07, 6.45) is 6.06. The molecule has 2 saturated heterocycles. The molecule has 0 unspecified atom stereocenters. The van der Waals surface area contributed by atoms with E-state index in [1.54, 1.807) is 22.2 Å². The fourth-order valence-corrected chi connectivity index (χ4v) is 4.75. The molecule has 1 aromatic carbocycles. The number of ether oxygens (including phenoxy) is 1. The molecule has 3 aliphatic rings. The number of benzene rings is 1. The first-order valence-corrected chi connectivity index (χ1v) is 11.3. The number of rotatable bonds is 4. The fourth-order valence-electron chi connectivity index (χ4n) is 4.75. The van der Waals surface area contributed by atoms with E-state index in [1.165, 1.54) is 0 Å². The van der Waals surface area contributed by atoms with Gasteiger partial charge in [0.15, 0.2) is 0 Å². The number of amides is 2. The van der Waals surface area contributed by atoms with Crippen LogP contribution in [0.5, 0.6) is 5.88 Å². The normalized spacial score (nSPS) is 19.1. The van der Waals surface area contributed by atoms with Gasteiger partial charge in [0.05, 0.1) is 17.9 Å². The van der Waals surface area contributed by atoms with Crippen LogP contribution in [0.4, 0.5) is 28.8 Å². The number of carbonyl (C=O) groups excluding carboxylic acids is 2. The van der Waals surface area contributed by atoms with Gasteiger partial charge in [0.1, 0.15) is 18.1 Å². The van der Waals surface area contributed by atoms with Crippen molar-refractivity contribution in [2.45, 2.75) is 31.7 Å². The number of hydrogen-bond acceptors (Lipinski definition) is 8. The lowest BCUT2D eigenvalue weighted by Gasteiger charge is -2.31. The predicted molar refractivity (Wildman–Crippen MR) is 127 cm³/mol. The zero-order chi connectivity index (χ0) is 23.2. The van der Waals surface area contributed by atoms with E-state index in [4.69, 9.17) is 10.5 Å². The number of aromatic nitrogens is 3. The molecule has 3 aliphatic heterocycles. The first-order chi connectivity index (χ1) is 16.6. The highest BCUT2D eigenvalue weighted by Crippen LogP contribution is 2.39. The molecule has 0 radical (unpaired) electrons. The van der Waals surface area contributed by atoms with E-state index in [0.29, 0.717) is 54.0 Å². The van der Waals surface area contributed by atoms with Crippen LogP contribution in [0, 0.1) is 0 Å². The van der Waals surface area contributed by atoms with Crippen LogP contribution >= 0.6 is 0 Å². The van der Waals surface area contributed by atoms with E-state index < -0.39 is 0 Å². The summed E-state index contributed by atoms with van der Waals surface area (Å²) in [6, 6.07) is 9.54. The zero-order valence-corrected chi connectivity index (χ0v) is 18.4. The number of nitrogens with one attached hydrogen (secondary N) is 1. The highest BCUT2D eigenvalue weighted by molar-refractivity contribution is 5.98. The van der Waals surface area contributed by atoms with Gasteiger partial charge in [0.25, 0.3) is 0 Å². The molecule has 1 atom stereocenters. The minimum absolute atomic E-state index is 0.0539. The third-order valence-electron chi connectivity index (χ3n) is 6.47. The average Bonchev–Trinajstić information content (AvgIpc) is 3.45. The number of carbonyl (C=O) groups is 2. The lowest BCUT2D eigenvalue weighted by Crippen LogP contribution is -2.40. The van der Waals surface area contributed by atoms with Crippen molar-refractivity contribution in [3.05, 3.63) is 42.7 Å². The number of nitrogens with zero attached hydrogens (tertiary/aromatic N) is 5. The van der Waals surface area contributed by atoms with Crippen molar-refractivity contribution in [1.82, 2.24) is 15.0 Å². The third kappa shape index (κ3) is 3.47. The number of nitrogens with two attached hydrogens (primary N) is 1. The summed E-state index contributed by atoms with van der Waals surface area (Å²) in [7, 11) is 0. The van der Waals surface area contributed by atoms with Gasteiger partial charge in [0, 0.05) is 36.8 Å². The van der Waals surface area contributed by atoms with Crippen molar-refractivity contribution in [3.63, 3.8) is 0 Å². The Kier molecular flexibility index (Phi) is 4.79. The third-order valence-corrected chi connectivity index (χ3v) is 6.47. The molecule has 5 heterocycles. The Bertz CT molecular complexity index is 1290. The second-order valence-electron chi connectivity index (χ2n) is 8.63. The van der Waals surface area contributed by atoms with Crippen LogP contribution in [0.2, 0.25) is 0 Å². The van der Waals surface area contributed by atoms with E-state index in [1.807, 2.05) is 30.3 Å². The Morgan fingerprint density at radius 2 is 1.91 bits per heavy atom. The largest absolute Gasteiger partial charge is 0.474 e. The lowest BCUT2D eigenvalue weighted by atomic mass is 10.1. The van der Waals surface area contributed by atoms with Crippen molar-refractivity contribution >= 4 is 40.6 Å². The summed E-state index contributed by atoms with van der Waals surface area (Å²) in [5.41, 5.74) is 9.98. The summed E-state index contributed by atoms with van der Waals surface area (Å²) >= 11 is 0. The molecule has 2 aromatic heterocycles. The molecule has 34 heavy (non-hydrogen) atoms. The van der Waals surface area contributed by atoms with Gasteiger partial charge in [-0.05, 0) is 36.6 Å². The summed E-state index contributed by atoms with van der Waals surface area (Å²) in [6.45, 7) is 1.22. The van der Waals surface area contributed by atoms with Gasteiger partial charge in [-0.2, -0.15) is 4.98 Å². The van der Waals surface area contributed by atoms with Gasteiger partial charge < -0.3 is 25.6 Å². The topological polar surface area (TPSA) is 127 Å². The van der Waals surface area contributed by atoms with E-state index in [9.17, 15) is 9.59 Å². The van der Waals surface area contributed by atoms with E-state index >= 15 is 0 Å². The van der Waals surface area contributed by atoms with Crippen molar-refractivity contribution in [3.8, 4) is 17.0 Å². The van der Waals surface area contributed by atoms with Crippen LogP contribution in [0.3, 0.4) is 0 Å². The fraction of sp³-hybridized carbons (Fsp3) is 0.292. The zero-order valence-electron chi connectivity index (χ0n) is 18.4. The molecule has 6 rings (SSSR count). The van der Waals surface area contributed by atoms with Crippen molar-refractivity contribution in [1.29, 1.82) is 0 Å². The van der Waals surface area contributed by atoms with Gasteiger partial charge in [-0.3, -0.25) is 9.59 Å². The second-order valence-corrected chi connectivity index (χ2v) is 8.63. The standard InChI is InChI=1S/C24H23N7O3/c25-22-18(14-3-5-16(6-4-14)30-9-1-2-20(30)32)12-27-24(29-22)28-15-10-19-23(26-11-15)34-13-17-7-8-21(33)31(17)19/h3-6,10-12,17H,1-2,7-9,13H2,(H3,25,27,28,29)/t17-/m0/s1. The molecule has 0 saturated carbocycles. The molecule has 3 N–H and O–H groups in total. The highest BCUT2D eigenvalue weighted by atomic mass is 16.5. The molecule has 2 fully saturated rings. The van der Waals surface area contributed by atoms with E-state index in [-0.39, 0.29) is 17.9 Å². The Morgan fingerprint density at radius 1 is 1.06 bits per heavy atom. The summed E-state index contributed by atoms with van der Waals surface area (Å²) in [5.74, 6) is 1.33. The minimum Gasteiger partial charge on any atom is -0.474 e. The molecule has 10 nitrogen and oxygen atoms in total. The Hall–Kier alpha value is -4.21. The first-order valence-electron chi connectivity index (χ1n) is 11.3. The molecule has 0 aliphatic carbocycles. The van der Waals surface area contributed by atoms with Gasteiger partial charge >= 0.3 is 0 Å². The monoisotopic (exact) mass is 457 g/mol. The quantitative estimate of drug-likeness (QED) is 0.612. The minimum atomic E-state index is 0.0539. The van der Waals surface area contributed by atoms with Gasteiger partial charge in [-0.15, -0.1) is 0 Å². The highest BCUT2D eigenvalue weighted by Gasteiger charge is 2.38. The predicted octanol–water partition coefficient (Wildman–Crippen LogP) is 2.88. The maximum absolute atomic E-state index is 12.3. The van der Waals surface area contributed by atoms with E-state index in [0.717, 1.165) is 30.6 Å². The molecule has 0 bridgehead atoms. The number of fused-ring (bicyclic) bond motifs is 3. The van der Waals surface area contributed by atoms with Crippen LogP contribution in [0.25, 0.3) is 11.1 Å². The number of pyridine rings is 1. The number of anilines is 5. The molecule has 10 heteroatoms. The SMILES string of the molecule is Nc1nc(Nc2cnc3c(c2)N2C(=O)CC[C@H]2CO3)ncc1-c1ccc(N2CCCC2=O)cc1. The lowest BCUT2D eigenvalue weighted by molar-refractivity contribution is -0.118. The summed E-state index contributed by atoms with van der Waals surface area (Å²) in [4.78, 5) is 41.0. The first kappa shape index (κ1) is 20.4. The molecular formula is C24H23N7O3. The van der Waals surface area contributed by atoms with Crippen LogP contribution < -0.4 is 25.6 Å². The van der Waals surface area contributed by atoms with Gasteiger partial charge in [0.2, 0.25) is 23.6 Å². The molecule has 2 amide bonds. The Balaban J connectivity index is 1.22. The number of hydrogen-bond donors (Lipinski definition) is 2. The second kappa shape index (κ2) is 7.98. The smallest absolute Gasteiger partial charge is 0.238 e. The molecule has 3 aromatic rings. The summed E-state index contributed by atoms with van der Waals surface area (Å²) < 4.78 is 5.72. The molecule has 172 valence electrons. The van der Waals surface area contributed by atoms with Crippen LogP contribution in [0.15, 0.2) is 42.7 Å². The van der Waals surface area contributed by atoms with E-state index in [2.05, 4.69) is 20.3 Å². The van der Waals surface area contributed by atoms with Gasteiger partial charge in [-0.25, -0.2) is 9.97 Å². The Labute approximate surface area is 195 Å². The Morgan fingerprint density at radius 3 is 2.68 bits per heavy atom. The van der Waals surface area contributed by atoms with Crippen LogP contribution in [0.1, 0.15) is 25.7 Å². The maximum atomic E-state index is 12.3. The number of nitrogen functional groups attached to an aromatic ring is 1.